The van der Waals surface area contributed by atoms with Gasteiger partial charge < -0.3 is 9.84 Å². The summed E-state index contributed by atoms with van der Waals surface area (Å²) >= 11 is 3.34. The van der Waals surface area contributed by atoms with Crippen molar-refractivity contribution in [3.8, 4) is 11.5 Å². The molecule has 5 fully saturated rings. The lowest BCUT2D eigenvalue weighted by Crippen LogP contribution is -2.54. The average molecular weight is 551 g/mol. The molecule has 2 aromatic rings. The van der Waals surface area contributed by atoms with E-state index in [9.17, 15) is 19.5 Å². The summed E-state index contributed by atoms with van der Waals surface area (Å²) in [4.78, 5) is 39.7. The Bertz CT molecular complexity index is 1280. The van der Waals surface area contributed by atoms with Crippen LogP contribution in [0.2, 0.25) is 0 Å². The smallest absolute Gasteiger partial charge is 0.335 e. The lowest BCUT2D eigenvalue weighted by Gasteiger charge is -2.57. The van der Waals surface area contributed by atoms with Crippen molar-refractivity contribution in [2.24, 2.45) is 17.8 Å². The fraction of sp³-hybridized carbons (Fsp3) is 0.393. The van der Waals surface area contributed by atoms with Gasteiger partial charge in [0, 0.05) is 4.47 Å². The number of methoxy groups -OCH3 is 1. The molecule has 1 saturated heterocycles. The van der Waals surface area contributed by atoms with Gasteiger partial charge in [0.25, 0.3) is 11.8 Å². The highest BCUT2D eigenvalue weighted by atomic mass is 79.9. The van der Waals surface area contributed by atoms with E-state index < -0.39 is 17.8 Å². The number of carbonyl (C=O) groups excluding carboxylic acids is 3. The topological polar surface area (TPSA) is 95.9 Å². The summed E-state index contributed by atoms with van der Waals surface area (Å²) in [5, 5.41) is 12.2. The summed E-state index contributed by atoms with van der Waals surface area (Å²) in [6.07, 6.45) is 9.17. The largest absolute Gasteiger partial charge is 0.504 e. The third kappa shape index (κ3) is 3.74. The molecule has 5 aliphatic rings. The number of phenols is 1. The Kier molecular flexibility index (Phi) is 5.48. The Morgan fingerprint density at radius 1 is 1.03 bits per heavy atom. The molecule has 8 heteroatoms. The van der Waals surface area contributed by atoms with Gasteiger partial charge >= 0.3 is 6.03 Å². The highest BCUT2D eigenvalue weighted by Crippen LogP contribution is 2.60. The number of nitrogens with one attached hydrogen (secondary N) is 1. The number of imide groups is 2. The molecule has 36 heavy (non-hydrogen) atoms. The molecule has 4 amide bonds. The summed E-state index contributed by atoms with van der Waals surface area (Å²) < 4.78 is 5.61. The van der Waals surface area contributed by atoms with Gasteiger partial charge in [0.15, 0.2) is 11.5 Å². The van der Waals surface area contributed by atoms with Gasteiger partial charge in [0.1, 0.15) is 5.57 Å². The molecule has 0 spiro atoms. The van der Waals surface area contributed by atoms with E-state index in [1.165, 1.54) is 69.4 Å². The van der Waals surface area contributed by atoms with E-state index in [1.807, 2.05) is 12.1 Å². The molecule has 1 heterocycles. The molecule has 4 saturated carbocycles. The quantitative estimate of drug-likeness (QED) is 0.398. The standard InChI is InChI=1S/C28H27BrN2O5/c1-36-24-10-18(22(29)11-23(24)32)9-21-25(33)30-27(35)31(26(21)34)20-4-2-19(3-5-20)28-12-15-6-16(13-28)8-17(7-15)14-28/h2-5,9-11,15-17,32H,6-8,12-14H2,1H3,(H,30,33,35)/b21-9+. The molecule has 4 bridgehead atoms. The zero-order chi connectivity index (χ0) is 25.2. The molecule has 0 aromatic heterocycles. The fourth-order valence-corrected chi connectivity index (χ4v) is 7.75. The van der Waals surface area contributed by atoms with E-state index in [0.29, 0.717) is 15.7 Å². The number of nitrogens with zero attached hydrogens (tertiary/aromatic N) is 1. The molecular weight excluding hydrogens is 524 g/mol. The molecule has 2 N–H and O–H groups in total. The van der Waals surface area contributed by atoms with Gasteiger partial charge in [-0.15, -0.1) is 0 Å². The number of amides is 4. The van der Waals surface area contributed by atoms with Crippen LogP contribution in [0.15, 0.2) is 46.4 Å². The number of ether oxygens (including phenoxy) is 1. The van der Waals surface area contributed by atoms with E-state index in [2.05, 4.69) is 33.4 Å². The number of benzene rings is 2. The molecule has 0 radical (unpaired) electrons. The average Bonchev–Trinajstić information content (AvgIpc) is 2.82. The summed E-state index contributed by atoms with van der Waals surface area (Å²) in [6.45, 7) is 0. The van der Waals surface area contributed by atoms with Gasteiger partial charge in [-0.1, -0.05) is 28.1 Å². The maximum Gasteiger partial charge on any atom is 0.335 e. The van der Waals surface area contributed by atoms with E-state index in [0.717, 1.165) is 22.7 Å². The van der Waals surface area contributed by atoms with Crippen molar-refractivity contribution >= 4 is 45.5 Å². The molecule has 0 unspecified atom stereocenters. The van der Waals surface area contributed by atoms with Crippen LogP contribution in [0.4, 0.5) is 10.5 Å². The van der Waals surface area contributed by atoms with Crippen LogP contribution in [0, 0.1) is 17.8 Å². The lowest BCUT2D eigenvalue weighted by molar-refractivity contribution is -0.122. The molecule has 1 aliphatic heterocycles. The van der Waals surface area contributed by atoms with Gasteiger partial charge in [0.2, 0.25) is 0 Å². The third-order valence-corrected chi connectivity index (χ3v) is 9.16. The normalized spacial score (nSPS) is 30.2. The molecule has 186 valence electrons. The van der Waals surface area contributed by atoms with E-state index in [-0.39, 0.29) is 22.5 Å². The summed E-state index contributed by atoms with van der Waals surface area (Å²) in [7, 11) is 1.41. The summed E-state index contributed by atoms with van der Waals surface area (Å²) in [6, 6.07) is 9.91. The predicted molar refractivity (Wildman–Crippen MR) is 138 cm³/mol. The van der Waals surface area contributed by atoms with Crippen LogP contribution in [-0.2, 0) is 15.0 Å². The number of aromatic hydroxyl groups is 1. The minimum Gasteiger partial charge on any atom is -0.504 e. The van der Waals surface area contributed by atoms with Gasteiger partial charge in [-0.2, -0.15) is 0 Å². The molecule has 7 rings (SSSR count). The van der Waals surface area contributed by atoms with Crippen molar-refractivity contribution in [1.82, 2.24) is 5.32 Å². The second-order valence-corrected chi connectivity index (χ2v) is 11.6. The van der Waals surface area contributed by atoms with Gasteiger partial charge in [-0.25, -0.2) is 9.69 Å². The maximum atomic E-state index is 13.4. The Morgan fingerprint density at radius 2 is 1.64 bits per heavy atom. The summed E-state index contributed by atoms with van der Waals surface area (Å²) in [5.41, 5.74) is 2.20. The zero-order valence-electron chi connectivity index (χ0n) is 19.9. The minimum atomic E-state index is -0.773. The van der Waals surface area contributed by atoms with Gasteiger partial charge in [-0.05, 0) is 103 Å². The van der Waals surface area contributed by atoms with Gasteiger partial charge in [0.05, 0.1) is 12.8 Å². The molecule has 7 nitrogen and oxygen atoms in total. The fourth-order valence-electron chi connectivity index (χ4n) is 7.31. The van der Waals surface area contributed by atoms with E-state index in [4.69, 9.17) is 4.74 Å². The number of urea groups is 1. The highest BCUT2D eigenvalue weighted by molar-refractivity contribution is 9.10. The van der Waals surface area contributed by atoms with Gasteiger partial charge in [-0.3, -0.25) is 14.9 Å². The van der Waals surface area contributed by atoms with Crippen LogP contribution in [-0.4, -0.2) is 30.1 Å². The number of anilines is 1. The zero-order valence-corrected chi connectivity index (χ0v) is 21.5. The number of halogens is 1. The van der Waals surface area contributed by atoms with Crippen molar-refractivity contribution in [3.63, 3.8) is 0 Å². The van der Waals surface area contributed by atoms with Crippen molar-refractivity contribution in [3.05, 3.63) is 57.6 Å². The van der Waals surface area contributed by atoms with Crippen LogP contribution in [0.1, 0.15) is 49.7 Å². The Labute approximate surface area is 217 Å². The van der Waals surface area contributed by atoms with Crippen molar-refractivity contribution in [2.75, 3.05) is 12.0 Å². The second kappa shape index (κ2) is 8.47. The van der Waals surface area contributed by atoms with E-state index >= 15 is 0 Å². The maximum absolute atomic E-state index is 13.4. The van der Waals surface area contributed by atoms with Crippen molar-refractivity contribution in [1.29, 1.82) is 0 Å². The van der Waals surface area contributed by atoms with Crippen LogP contribution in [0.25, 0.3) is 6.08 Å². The molecule has 2 aromatic carbocycles. The third-order valence-electron chi connectivity index (χ3n) is 8.48. The predicted octanol–water partition coefficient (Wildman–Crippen LogP) is 5.30. The van der Waals surface area contributed by atoms with Crippen molar-refractivity contribution < 1.29 is 24.2 Å². The summed E-state index contributed by atoms with van der Waals surface area (Å²) in [5.74, 6) is 1.10. The first-order valence-corrected chi connectivity index (χ1v) is 13.1. The first kappa shape index (κ1) is 23.3. The monoisotopic (exact) mass is 550 g/mol. The number of phenolic OH excluding ortho intramolecular Hbond substituents is 1. The van der Waals surface area contributed by atoms with Crippen LogP contribution in [0.3, 0.4) is 0 Å². The van der Waals surface area contributed by atoms with Crippen molar-refractivity contribution in [2.45, 2.75) is 43.9 Å². The second-order valence-electron chi connectivity index (χ2n) is 10.7. The Morgan fingerprint density at radius 3 is 2.22 bits per heavy atom. The SMILES string of the molecule is COc1cc(/C=C2\C(=O)NC(=O)N(c3ccc(C45CC6CC(CC(C6)C4)C5)cc3)C2=O)c(Br)cc1O. The molecular formula is C28H27BrN2O5. The number of hydrogen-bond acceptors (Lipinski definition) is 5. The Hall–Kier alpha value is -3.13. The lowest BCUT2D eigenvalue weighted by atomic mass is 9.48. The van der Waals surface area contributed by atoms with E-state index in [1.54, 1.807) is 0 Å². The highest BCUT2D eigenvalue weighted by Gasteiger charge is 2.51. The number of hydrogen-bond donors (Lipinski definition) is 2. The van der Waals surface area contributed by atoms with Crippen LogP contribution < -0.4 is 15.0 Å². The number of rotatable bonds is 4. The molecule has 4 aliphatic carbocycles. The van der Waals surface area contributed by atoms with Crippen LogP contribution in [0.5, 0.6) is 11.5 Å². The first-order chi connectivity index (χ1) is 17.3. The van der Waals surface area contributed by atoms with Crippen LogP contribution >= 0.6 is 15.9 Å². The molecule has 0 atom stereocenters. The minimum absolute atomic E-state index is 0.0816. The number of barbiturate groups is 1. The number of carbonyl (C=O) groups is 3. The Balaban J connectivity index is 1.31. The first-order valence-electron chi connectivity index (χ1n) is 12.3.